The van der Waals surface area contributed by atoms with Gasteiger partial charge in [-0.3, -0.25) is 10.1 Å². The third-order valence-electron chi connectivity index (χ3n) is 2.80. The zero-order chi connectivity index (χ0) is 13.9. The van der Waals surface area contributed by atoms with Crippen LogP contribution in [0.1, 0.15) is 32.9 Å². The lowest BCUT2D eigenvalue weighted by Crippen LogP contribution is -2.33. The van der Waals surface area contributed by atoms with Gasteiger partial charge in [0.05, 0.1) is 4.92 Å². The Morgan fingerprint density at radius 2 is 2.17 bits per heavy atom. The zero-order valence-corrected chi connectivity index (χ0v) is 11.2. The minimum absolute atomic E-state index is 0.0195. The summed E-state index contributed by atoms with van der Waals surface area (Å²) in [6.45, 7) is 5.61. The molecule has 0 saturated carbocycles. The van der Waals surface area contributed by atoms with E-state index in [4.69, 9.17) is 5.11 Å². The number of rotatable bonds is 6. The molecule has 7 nitrogen and oxygen atoms in total. The molecule has 1 heterocycles. The highest BCUT2D eigenvalue weighted by Crippen LogP contribution is 2.31. The molecule has 0 aliphatic rings. The van der Waals surface area contributed by atoms with E-state index >= 15 is 0 Å². The fourth-order valence-electron chi connectivity index (χ4n) is 1.80. The van der Waals surface area contributed by atoms with Crippen LogP contribution in [-0.2, 0) is 13.5 Å². The van der Waals surface area contributed by atoms with E-state index in [9.17, 15) is 10.1 Å². The quantitative estimate of drug-likeness (QED) is 0.593. The molecule has 0 aliphatic carbocycles. The number of anilines is 1. The van der Waals surface area contributed by atoms with Gasteiger partial charge in [-0.15, -0.1) is 0 Å². The second-order valence-corrected chi connectivity index (χ2v) is 4.86. The predicted octanol–water partition coefficient (Wildman–Crippen LogP) is 1.46. The number of hydrogen-bond acceptors (Lipinski definition) is 5. The minimum Gasteiger partial charge on any atom is -0.396 e. The van der Waals surface area contributed by atoms with Crippen LogP contribution >= 0.6 is 0 Å². The summed E-state index contributed by atoms with van der Waals surface area (Å²) in [5.74, 6) is 0.385. The van der Waals surface area contributed by atoms with Gasteiger partial charge in [0.1, 0.15) is 5.69 Å². The first kappa shape index (κ1) is 14.4. The lowest BCUT2D eigenvalue weighted by molar-refractivity contribution is -0.384. The monoisotopic (exact) mass is 256 g/mol. The van der Waals surface area contributed by atoms with Crippen LogP contribution in [0.25, 0.3) is 0 Å². The van der Waals surface area contributed by atoms with E-state index in [2.05, 4.69) is 10.4 Å². The van der Waals surface area contributed by atoms with Crippen LogP contribution in [0, 0.1) is 10.1 Å². The molecule has 0 radical (unpaired) electrons. The summed E-state index contributed by atoms with van der Waals surface area (Å²) in [6.07, 6.45) is 1.00. The number of hydrogen-bond donors (Lipinski definition) is 2. The van der Waals surface area contributed by atoms with E-state index in [0.29, 0.717) is 24.4 Å². The summed E-state index contributed by atoms with van der Waals surface area (Å²) >= 11 is 0. The van der Waals surface area contributed by atoms with Crippen molar-refractivity contribution in [2.75, 3.05) is 11.9 Å². The van der Waals surface area contributed by atoms with Crippen LogP contribution in [-0.4, -0.2) is 32.0 Å². The summed E-state index contributed by atoms with van der Waals surface area (Å²) < 4.78 is 1.48. The van der Waals surface area contributed by atoms with Crippen molar-refractivity contribution in [3.63, 3.8) is 0 Å². The van der Waals surface area contributed by atoms with Crippen LogP contribution in [0.3, 0.4) is 0 Å². The molecule has 102 valence electrons. The molecule has 1 rings (SSSR count). The van der Waals surface area contributed by atoms with Gasteiger partial charge in [0.2, 0.25) is 5.82 Å². The predicted molar refractivity (Wildman–Crippen MR) is 68.6 cm³/mol. The minimum atomic E-state index is -0.432. The van der Waals surface area contributed by atoms with Gasteiger partial charge in [-0.05, 0) is 26.7 Å². The molecular weight excluding hydrogens is 236 g/mol. The highest BCUT2D eigenvalue weighted by Gasteiger charge is 2.29. The molecule has 0 atom stereocenters. The van der Waals surface area contributed by atoms with Crippen LogP contribution in [0.15, 0.2) is 0 Å². The summed E-state index contributed by atoms with van der Waals surface area (Å²) in [6, 6.07) is 0. The second-order valence-electron chi connectivity index (χ2n) is 4.86. The smallest absolute Gasteiger partial charge is 0.333 e. The fourth-order valence-corrected chi connectivity index (χ4v) is 1.80. The molecule has 1 aromatic rings. The maximum absolute atomic E-state index is 11.1. The van der Waals surface area contributed by atoms with Crippen molar-refractivity contribution in [2.24, 2.45) is 7.05 Å². The van der Waals surface area contributed by atoms with Gasteiger partial charge in [0.25, 0.3) is 0 Å². The maximum Gasteiger partial charge on any atom is 0.333 e. The molecule has 0 aliphatic heterocycles. The summed E-state index contributed by atoms with van der Waals surface area (Å²) in [5, 5.41) is 27.3. The average molecular weight is 256 g/mol. The van der Waals surface area contributed by atoms with E-state index in [1.165, 1.54) is 4.68 Å². The molecule has 0 spiro atoms. The van der Waals surface area contributed by atoms with Crippen molar-refractivity contribution in [1.82, 2.24) is 9.78 Å². The number of nitrogens with zero attached hydrogens (tertiary/aromatic N) is 3. The summed E-state index contributed by atoms with van der Waals surface area (Å²) in [7, 11) is 1.67. The first-order chi connectivity index (χ1) is 8.32. The molecule has 2 N–H and O–H groups in total. The lowest BCUT2D eigenvalue weighted by atomic mass is 10.0. The molecule has 18 heavy (non-hydrogen) atoms. The number of nitrogens with one attached hydrogen (secondary N) is 1. The van der Waals surface area contributed by atoms with Gasteiger partial charge < -0.3 is 10.4 Å². The number of aryl methyl sites for hydroxylation is 2. The van der Waals surface area contributed by atoms with E-state index in [0.717, 1.165) is 0 Å². The average Bonchev–Trinajstić information content (AvgIpc) is 2.54. The maximum atomic E-state index is 11.1. The standard InChI is InChI=1S/C11H20N4O3/c1-5-8-9(15(17)18)10(14(4)13-8)12-11(2,3)6-7-16/h12,16H,5-7H2,1-4H3. The van der Waals surface area contributed by atoms with Crippen molar-refractivity contribution in [3.8, 4) is 0 Å². The van der Waals surface area contributed by atoms with Gasteiger partial charge in [-0.1, -0.05) is 6.92 Å². The molecule has 0 fully saturated rings. The Morgan fingerprint density at radius 1 is 1.56 bits per heavy atom. The van der Waals surface area contributed by atoms with Crippen molar-refractivity contribution in [2.45, 2.75) is 39.2 Å². The Morgan fingerprint density at radius 3 is 2.61 bits per heavy atom. The normalized spacial score (nSPS) is 11.6. The van der Waals surface area contributed by atoms with E-state index in [1.54, 1.807) is 7.05 Å². The Labute approximate surface area is 106 Å². The van der Waals surface area contributed by atoms with Gasteiger partial charge >= 0.3 is 5.69 Å². The topological polar surface area (TPSA) is 93.2 Å². The largest absolute Gasteiger partial charge is 0.396 e. The number of aliphatic hydroxyl groups excluding tert-OH is 1. The first-order valence-corrected chi connectivity index (χ1v) is 5.91. The summed E-state index contributed by atoms with van der Waals surface area (Å²) in [4.78, 5) is 10.7. The number of aliphatic hydroxyl groups is 1. The molecule has 0 unspecified atom stereocenters. The van der Waals surface area contributed by atoms with Crippen LogP contribution in [0.5, 0.6) is 0 Å². The third kappa shape index (κ3) is 2.98. The van der Waals surface area contributed by atoms with Gasteiger partial charge in [-0.2, -0.15) is 5.10 Å². The van der Waals surface area contributed by atoms with Gasteiger partial charge in [0, 0.05) is 19.2 Å². The third-order valence-corrected chi connectivity index (χ3v) is 2.80. The second kappa shape index (κ2) is 5.34. The SMILES string of the molecule is CCc1nn(C)c(NC(C)(C)CCO)c1[N+](=O)[O-]. The van der Waals surface area contributed by atoms with Crippen molar-refractivity contribution < 1.29 is 10.0 Å². The lowest BCUT2D eigenvalue weighted by Gasteiger charge is -2.25. The van der Waals surface area contributed by atoms with E-state index < -0.39 is 10.5 Å². The molecule has 0 bridgehead atoms. The molecule has 7 heteroatoms. The van der Waals surface area contributed by atoms with Crippen molar-refractivity contribution in [3.05, 3.63) is 15.8 Å². The molecule has 0 saturated heterocycles. The van der Waals surface area contributed by atoms with Crippen molar-refractivity contribution >= 4 is 11.5 Å². The van der Waals surface area contributed by atoms with Crippen molar-refractivity contribution in [1.29, 1.82) is 0 Å². The Bertz CT molecular complexity index is 440. The molecule has 0 amide bonds. The van der Waals surface area contributed by atoms with Gasteiger partial charge in [0.15, 0.2) is 0 Å². The summed E-state index contributed by atoms with van der Waals surface area (Å²) in [5.41, 5.74) is 0.0500. The Hall–Kier alpha value is -1.63. The Balaban J connectivity index is 3.15. The van der Waals surface area contributed by atoms with Crippen LogP contribution < -0.4 is 5.32 Å². The fraction of sp³-hybridized carbons (Fsp3) is 0.727. The molecular formula is C11H20N4O3. The van der Waals surface area contributed by atoms with E-state index in [-0.39, 0.29) is 12.3 Å². The zero-order valence-electron chi connectivity index (χ0n) is 11.2. The number of aromatic nitrogens is 2. The van der Waals surface area contributed by atoms with E-state index in [1.807, 2.05) is 20.8 Å². The van der Waals surface area contributed by atoms with Gasteiger partial charge in [-0.25, -0.2) is 4.68 Å². The molecule has 0 aromatic carbocycles. The highest BCUT2D eigenvalue weighted by atomic mass is 16.6. The highest BCUT2D eigenvalue weighted by molar-refractivity contribution is 5.60. The van der Waals surface area contributed by atoms with Crippen LogP contribution in [0.2, 0.25) is 0 Å². The first-order valence-electron chi connectivity index (χ1n) is 5.91. The van der Waals surface area contributed by atoms with Crippen LogP contribution in [0.4, 0.5) is 11.5 Å². The Kier molecular flexibility index (Phi) is 4.28. The number of nitro groups is 1. The molecule has 1 aromatic heterocycles.